The Hall–Kier alpha value is -2.47. The summed E-state index contributed by atoms with van der Waals surface area (Å²) in [6, 6.07) is 7.92. The van der Waals surface area contributed by atoms with E-state index in [1.807, 2.05) is 42.5 Å². The second kappa shape index (κ2) is 8.34. The predicted molar refractivity (Wildman–Crippen MR) is 126 cm³/mol. The Kier molecular flexibility index (Phi) is 5.78. The molecule has 0 unspecified atom stereocenters. The van der Waals surface area contributed by atoms with E-state index in [1.54, 1.807) is 13.4 Å². The normalized spacial score (nSPS) is 17.1. The summed E-state index contributed by atoms with van der Waals surface area (Å²) in [5, 5.41) is 5.78. The van der Waals surface area contributed by atoms with Gasteiger partial charge in [-0.3, -0.25) is 5.43 Å². The lowest BCUT2D eigenvalue weighted by molar-refractivity contribution is 0.184. The van der Waals surface area contributed by atoms with Crippen LogP contribution in [0.1, 0.15) is 56.5 Å². The fraction of sp³-hybridized carbons (Fsp3) is 0.458. The summed E-state index contributed by atoms with van der Waals surface area (Å²) in [5.41, 5.74) is 6.95. The maximum Gasteiger partial charge on any atom is 0.158 e. The van der Waals surface area contributed by atoms with Crippen molar-refractivity contribution in [1.82, 2.24) is 9.97 Å². The summed E-state index contributed by atoms with van der Waals surface area (Å²) < 4.78 is 5.24. The van der Waals surface area contributed by atoms with E-state index in [2.05, 4.69) is 41.3 Å². The third-order valence-corrected chi connectivity index (χ3v) is 7.89. The van der Waals surface area contributed by atoms with Crippen LogP contribution in [0.25, 0.3) is 10.2 Å². The Labute approximate surface area is 182 Å². The van der Waals surface area contributed by atoms with Crippen molar-refractivity contribution in [2.24, 2.45) is 16.4 Å². The molecule has 6 heteroatoms. The number of nitrogens with one attached hydrogen (secondary N) is 1. The molecule has 0 aliphatic heterocycles. The third-order valence-electron chi connectivity index (χ3n) is 6.69. The molecule has 1 aliphatic carbocycles. The number of anilines is 1. The molecule has 1 atom stereocenters. The van der Waals surface area contributed by atoms with Crippen molar-refractivity contribution in [1.29, 1.82) is 0 Å². The van der Waals surface area contributed by atoms with E-state index in [1.165, 1.54) is 23.3 Å². The quantitative estimate of drug-likeness (QED) is 0.386. The van der Waals surface area contributed by atoms with E-state index in [9.17, 15) is 0 Å². The molecule has 2 aromatic heterocycles. The van der Waals surface area contributed by atoms with Crippen LogP contribution in [0.4, 0.5) is 5.82 Å². The number of aromatic nitrogens is 2. The van der Waals surface area contributed by atoms with Gasteiger partial charge < -0.3 is 4.74 Å². The van der Waals surface area contributed by atoms with Gasteiger partial charge in [-0.2, -0.15) is 5.10 Å². The molecule has 30 heavy (non-hydrogen) atoms. The van der Waals surface area contributed by atoms with Crippen LogP contribution < -0.4 is 10.2 Å². The van der Waals surface area contributed by atoms with Crippen molar-refractivity contribution in [3.05, 3.63) is 46.6 Å². The van der Waals surface area contributed by atoms with E-state index in [4.69, 9.17) is 4.74 Å². The van der Waals surface area contributed by atoms with Crippen LogP contribution in [0.2, 0.25) is 0 Å². The molecular formula is C24H30N4OS. The van der Waals surface area contributed by atoms with Crippen LogP contribution in [-0.4, -0.2) is 22.8 Å². The number of benzene rings is 1. The molecule has 1 aliphatic rings. The van der Waals surface area contributed by atoms with Gasteiger partial charge in [-0.25, -0.2) is 9.97 Å². The predicted octanol–water partition coefficient (Wildman–Crippen LogP) is 6.08. The van der Waals surface area contributed by atoms with Crippen molar-refractivity contribution >= 4 is 33.1 Å². The molecule has 3 aromatic rings. The highest BCUT2D eigenvalue weighted by atomic mass is 32.1. The highest BCUT2D eigenvalue weighted by Crippen LogP contribution is 2.45. The second-order valence-electron chi connectivity index (χ2n) is 8.73. The average Bonchev–Trinajstić information content (AvgIpc) is 3.16. The molecule has 1 N–H and O–H groups in total. The Morgan fingerprint density at radius 2 is 2.03 bits per heavy atom. The maximum atomic E-state index is 5.24. The molecule has 0 radical (unpaired) electrons. The molecule has 4 rings (SSSR count). The highest BCUT2D eigenvalue weighted by molar-refractivity contribution is 7.19. The smallest absolute Gasteiger partial charge is 0.158 e. The fourth-order valence-electron chi connectivity index (χ4n) is 4.18. The van der Waals surface area contributed by atoms with Crippen molar-refractivity contribution in [2.75, 3.05) is 12.5 Å². The van der Waals surface area contributed by atoms with Gasteiger partial charge >= 0.3 is 0 Å². The molecule has 2 heterocycles. The average molecular weight is 423 g/mol. The fourth-order valence-corrected chi connectivity index (χ4v) is 5.37. The summed E-state index contributed by atoms with van der Waals surface area (Å²) in [6.45, 7) is 9.09. The van der Waals surface area contributed by atoms with Gasteiger partial charge in [-0.1, -0.05) is 27.2 Å². The molecule has 0 amide bonds. The zero-order chi connectivity index (χ0) is 21.3. The number of rotatable bonds is 6. The van der Waals surface area contributed by atoms with Crippen LogP contribution in [0.3, 0.4) is 0 Å². The van der Waals surface area contributed by atoms with Crippen molar-refractivity contribution < 1.29 is 4.74 Å². The minimum absolute atomic E-state index is 0.346. The number of methoxy groups -OCH3 is 1. The van der Waals surface area contributed by atoms with E-state index in [-0.39, 0.29) is 0 Å². The first-order valence-electron chi connectivity index (χ1n) is 10.6. The number of thiophene rings is 1. The molecule has 0 bridgehead atoms. The van der Waals surface area contributed by atoms with Gasteiger partial charge in [0.1, 0.15) is 16.9 Å². The van der Waals surface area contributed by atoms with Gasteiger partial charge in [0.25, 0.3) is 0 Å². The number of hydrogen-bond donors (Lipinski definition) is 1. The molecule has 0 saturated heterocycles. The first-order valence-corrected chi connectivity index (χ1v) is 11.4. The number of ether oxygens (including phenoxy) is 1. The molecule has 5 nitrogen and oxygen atoms in total. The lowest BCUT2D eigenvalue weighted by Gasteiger charge is -2.36. The van der Waals surface area contributed by atoms with Crippen LogP contribution in [0.5, 0.6) is 5.75 Å². The maximum absolute atomic E-state index is 5.24. The van der Waals surface area contributed by atoms with Crippen molar-refractivity contribution in [3.8, 4) is 5.75 Å². The number of aryl methyl sites for hydroxylation is 1. The minimum atomic E-state index is 0.346. The molecule has 0 fully saturated rings. The first-order chi connectivity index (χ1) is 14.4. The minimum Gasteiger partial charge on any atom is -0.497 e. The number of hydrazone groups is 1. The van der Waals surface area contributed by atoms with Gasteiger partial charge in [-0.15, -0.1) is 11.3 Å². The summed E-state index contributed by atoms with van der Waals surface area (Å²) in [7, 11) is 1.67. The van der Waals surface area contributed by atoms with Gasteiger partial charge in [0.05, 0.1) is 18.2 Å². The number of hydrogen-bond acceptors (Lipinski definition) is 6. The summed E-state index contributed by atoms with van der Waals surface area (Å²) in [4.78, 5) is 11.6. The molecule has 0 spiro atoms. The summed E-state index contributed by atoms with van der Waals surface area (Å²) >= 11 is 1.82. The SMILES string of the molecule is CCC(C)(C)[C@H]1CCc2sc3ncnc(N/N=C(/C)c4ccc(OC)cc4)c3c2C1. The molecule has 0 saturated carbocycles. The van der Waals surface area contributed by atoms with E-state index < -0.39 is 0 Å². The Morgan fingerprint density at radius 1 is 1.27 bits per heavy atom. The van der Waals surface area contributed by atoms with Crippen molar-refractivity contribution in [3.63, 3.8) is 0 Å². The summed E-state index contributed by atoms with van der Waals surface area (Å²) in [5.74, 6) is 2.33. The topological polar surface area (TPSA) is 59.4 Å². The van der Waals surface area contributed by atoms with Crippen LogP contribution in [0, 0.1) is 11.3 Å². The number of nitrogens with zero attached hydrogens (tertiary/aromatic N) is 3. The van der Waals surface area contributed by atoms with E-state index in [0.717, 1.165) is 45.9 Å². The molecule has 1 aromatic carbocycles. The monoisotopic (exact) mass is 422 g/mol. The van der Waals surface area contributed by atoms with Gasteiger partial charge in [0.15, 0.2) is 5.82 Å². The zero-order valence-corrected chi connectivity index (χ0v) is 19.3. The lowest BCUT2D eigenvalue weighted by Crippen LogP contribution is -2.28. The van der Waals surface area contributed by atoms with Gasteiger partial charge in [0, 0.05) is 4.88 Å². The van der Waals surface area contributed by atoms with Gasteiger partial charge in [-0.05, 0) is 72.9 Å². The van der Waals surface area contributed by atoms with E-state index >= 15 is 0 Å². The lowest BCUT2D eigenvalue weighted by atomic mass is 9.69. The van der Waals surface area contributed by atoms with Crippen molar-refractivity contribution in [2.45, 2.75) is 53.4 Å². The summed E-state index contributed by atoms with van der Waals surface area (Å²) in [6.07, 6.45) is 6.32. The molecule has 158 valence electrons. The van der Waals surface area contributed by atoms with Crippen LogP contribution in [-0.2, 0) is 12.8 Å². The van der Waals surface area contributed by atoms with Crippen LogP contribution in [0.15, 0.2) is 35.7 Å². The molecular weight excluding hydrogens is 392 g/mol. The Bertz CT molecular complexity index is 1070. The highest BCUT2D eigenvalue weighted by Gasteiger charge is 2.33. The second-order valence-corrected chi connectivity index (χ2v) is 9.81. The Balaban J connectivity index is 1.64. The van der Waals surface area contributed by atoms with E-state index in [0.29, 0.717) is 11.3 Å². The largest absolute Gasteiger partial charge is 0.497 e. The third kappa shape index (κ3) is 3.93. The zero-order valence-electron chi connectivity index (χ0n) is 18.5. The van der Waals surface area contributed by atoms with Gasteiger partial charge in [0.2, 0.25) is 0 Å². The Morgan fingerprint density at radius 3 is 2.73 bits per heavy atom. The number of fused-ring (bicyclic) bond motifs is 3. The van der Waals surface area contributed by atoms with Crippen LogP contribution >= 0.6 is 11.3 Å². The first kappa shape index (κ1) is 20.8. The standard InChI is InChI=1S/C24H30N4OS/c1-6-24(3,4)17-9-12-20-19(13-17)21-22(25-14-26-23(21)30-20)28-27-15(2)16-7-10-18(29-5)11-8-16/h7-8,10-11,14,17H,6,9,12-13H2,1-5H3,(H,25,26,28)/b27-15-/t17-/m0/s1.